The molecule has 0 aliphatic rings. The van der Waals surface area contributed by atoms with E-state index in [1.54, 1.807) is 10.8 Å². The summed E-state index contributed by atoms with van der Waals surface area (Å²) in [5.74, 6) is -0.669. The lowest BCUT2D eigenvalue weighted by Gasteiger charge is -2.14. The van der Waals surface area contributed by atoms with Crippen LogP contribution in [0.5, 0.6) is 0 Å². The van der Waals surface area contributed by atoms with Crippen molar-refractivity contribution in [3.8, 4) is 22.5 Å². The Bertz CT molecular complexity index is 1530. The van der Waals surface area contributed by atoms with E-state index in [1.807, 2.05) is 55.5 Å². The van der Waals surface area contributed by atoms with Crippen LogP contribution in [0, 0.1) is 0 Å². The average Bonchev–Trinajstić information content (AvgIpc) is 3.53. The van der Waals surface area contributed by atoms with Gasteiger partial charge in [0.1, 0.15) is 5.56 Å². The number of fused-ring (bicyclic) bond motifs is 1. The SMILES string of the molecule is CCCc1cn(Cc2ccc(-c3ccccc3-c3nnn[n-]3)cc2)c2c(C(=O)O)cnn2c1=O. The number of nitrogens with zero attached hydrogens (tertiary/aromatic N) is 7. The van der Waals surface area contributed by atoms with E-state index >= 15 is 0 Å². The van der Waals surface area contributed by atoms with Gasteiger partial charge in [0.15, 0.2) is 5.65 Å². The zero-order valence-corrected chi connectivity index (χ0v) is 18.3. The highest BCUT2D eigenvalue weighted by atomic mass is 16.4. The lowest BCUT2D eigenvalue weighted by atomic mass is 9.98. The molecule has 3 heterocycles. The van der Waals surface area contributed by atoms with E-state index in [4.69, 9.17) is 0 Å². The van der Waals surface area contributed by atoms with Gasteiger partial charge in [-0.25, -0.2) is 4.79 Å². The van der Waals surface area contributed by atoms with E-state index < -0.39 is 5.97 Å². The topological polar surface area (TPSA) is 129 Å². The van der Waals surface area contributed by atoms with Crippen LogP contribution in [0.4, 0.5) is 0 Å². The molecule has 5 rings (SSSR count). The molecule has 170 valence electrons. The molecule has 0 aliphatic carbocycles. The number of carboxylic acid groups (broad SMARTS) is 1. The van der Waals surface area contributed by atoms with Gasteiger partial charge >= 0.3 is 5.97 Å². The van der Waals surface area contributed by atoms with Crippen molar-refractivity contribution >= 4 is 11.6 Å². The molecule has 10 heteroatoms. The molecule has 0 unspecified atom stereocenters. The van der Waals surface area contributed by atoms with Gasteiger partial charge in [-0.05, 0) is 28.7 Å². The van der Waals surface area contributed by atoms with Crippen molar-refractivity contribution in [2.75, 3.05) is 0 Å². The van der Waals surface area contributed by atoms with E-state index in [9.17, 15) is 14.7 Å². The minimum absolute atomic E-state index is 0.0115. The number of aromatic nitrogens is 7. The highest BCUT2D eigenvalue weighted by molar-refractivity contribution is 5.94. The molecular weight excluding hydrogens is 434 g/mol. The Hall–Kier alpha value is -4.60. The monoisotopic (exact) mass is 454 g/mol. The van der Waals surface area contributed by atoms with Gasteiger partial charge < -0.3 is 14.8 Å². The zero-order chi connectivity index (χ0) is 23.7. The van der Waals surface area contributed by atoms with Gasteiger partial charge in [0.05, 0.1) is 6.20 Å². The molecule has 0 aliphatic heterocycles. The normalized spacial score (nSPS) is 11.2. The molecule has 0 bridgehead atoms. The highest BCUT2D eigenvalue weighted by Crippen LogP contribution is 2.29. The van der Waals surface area contributed by atoms with E-state index in [1.165, 1.54) is 10.7 Å². The fraction of sp³-hybridized carbons (Fsp3) is 0.167. The number of tetrazole rings is 1. The van der Waals surface area contributed by atoms with Crippen LogP contribution in [0.1, 0.15) is 34.8 Å². The fourth-order valence-electron chi connectivity index (χ4n) is 4.09. The maximum Gasteiger partial charge on any atom is 0.341 e. The van der Waals surface area contributed by atoms with Crippen molar-refractivity contribution < 1.29 is 9.90 Å². The fourth-order valence-corrected chi connectivity index (χ4v) is 4.09. The number of carboxylic acids is 1. The summed E-state index contributed by atoms with van der Waals surface area (Å²) in [5.41, 5.74) is 4.25. The number of rotatable bonds is 7. The van der Waals surface area contributed by atoms with Gasteiger partial charge in [0.25, 0.3) is 5.56 Å². The molecule has 5 aromatic rings. The van der Waals surface area contributed by atoms with E-state index in [2.05, 4.69) is 25.7 Å². The lowest BCUT2D eigenvalue weighted by molar-refractivity contribution is 0.0698. The molecule has 0 saturated heterocycles. The quantitative estimate of drug-likeness (QED) is 0.397. The van der Waals surface area contributed by atoms with Crippen molar-refractivity contribution in [3.05, 3.63) is 88.0 Å². The molecule has 0 atom stereocenters. The van der Waals surface area contributed by atoms with Crippen molar-refractivity contribution in [2.24, 2.45) is 0 Å². The minimum Gasteiger partial charge on any atom is -0.477 e. The summed E-state index contributed by atoms with van der Waals surface area (Å²) in [4.78, 5) is 24.5. The Labute approximate surface area is 193 Å². The van der Waals surface area contributed by atoms with Gasteiger partial charge in [0, 0.05) is 24.1 Å². The number of hydrogen-bond acceptors (Lipinski definition) is 6. The third kappa shape index (κ3) is 3.75. The number of benzene rings is 2. The van der Waals surface area contributed by atoms with E-state index in [0.717, 1.165) is 28.7 Å². The van der Waals surface area contributed by atoms with Crippen LogP contribution in [0.15, 0.2) is 65.7 Å². The first-order valence-corrected chi connectivity index (χ1v) is 10.8. The van der Waals surface area contributed by atoms with Crippen LogP contribution in [-0.4, -0.2) is 40.8 Å². The predicted molar refractivity (Wildman–Crippen MR) is 124 cm³/mol. The van der Waals surface area contributed by atoms with Gasteiger partial charge in [-0.15, -0.1) is 0 Å². The Kier molecular flexibility index (Phi) is 5.46. The first-order chi connectivity index (χ1) is 16.6. The number of aryl methyl sites for hydroxylation is 1. The summed E-state index contributed by atoms with van der Waals surface area (Å²) >= 11 is 0. The lowest BCUT2D eigenvalue weighted by Crippen LogP contribution is -2.24. The molecule has 3 aromatic heterocycles. The summed E-state index contributed by atoms with van der Waals surface area (Å²) in [5, 5.41) is 28.7. The van der Waals surface area contributed by atoms with Gasteiger partial charge in [-0.1, -0.05) is 61.9 Å². The molecule has 0 saturated carbocycles. The summed E-state index contributed by atoms with van der Waals surface area (Å²) in [6, 6.07) is 15.7. The Morgan fingerprint density at radius 1 is 1.09 bits per heavy atom. The summed E-state index contributed by atoms with van der Waals surface area (Å²) in [6.45, 7) is 2.37. The number of hydrogen-bond donors (Lipinski definition) is 1. The van der Waals surface area contributed by atoms with Crippen molar-refractivity contribution in [1.29, 1.82) is 0 Å². The second-order valence-electron chi connectivity index (χ2n) is 7.88. The van der Waals surface area contributed by atoms with Crippen LogP contribution in [-0.2, 0) is 13.0 Å². The highest BCUT2D eigenvalue weighted by Gasteiger charge is 2.18. The number of carbonyl (C=O) groups is 1. The second-order valence-corrected chi connectivity index (χ2v) is 7.88. The zero-order valence-electron chi connectivity index (χ0n) is 18.3. The first-order valence-electron chi connectivity index (χ1n) is 10.8. The summed E-state index contributed by atoms with van der Waals surface area (Å²) < 4.78 is 2.96. The maximum absolute atomic E-state index is 12.8. The third-order valence-electron chi connectivity index (χ3n) is 5.65. The minimum atomic E-state index is -1.13. The van der Waals surface area contributed by atoms with Gasteiger partial charge in [0.2, 0.25) is 0 Å². The van der Waals surface area contributed by atoms with Crippen molar-refractivity contribution in [3.63, 3.8) is 0 Å². The molecule has 0 amide bonds. The van der Waals surface area contributed by atoms with Crippen molar-refractivity contribution in [2.45, 2.75) is 26.3 Å². The van der Waals surface area contributed by atoms with E-state index in [-0.39, 0.29) is 16.8 Å². The largest absolute Gasteiger partial charge is 0.477 e. The third-order valence-corrected chi connectivity index (χ3v) is 5.65. The van der Waals surface area contributed by atoms with Crippen LogP contribution in [0.3, 0.4) is 0 Å². The van der Waals surface area contributed by atoms with Gasteiger partial charge in [-0.2, -0.15) is 14.8 Å². The molecular formula is C24H20N7O3-. The van der Waals surface area contributed by atoms with Gasteiger partial charge in [-0.3, -0.25) is 15.1 Å². The Morgan fingerprint density at radius 2 is 1.85 bits per heavy atom. The van der Waals surface area contributed by atoms with Crippen LogP contribution >= 0.6 is 0 Å². The molecule has 0 fully saturated rings. The molecule has 10 nitrogen and oxygen atoms in total. The number of aromatic carboxylic acids is 1. The Morgan fingerprint density at radius 3 is 2.53 bits per heavy atom. The van der Waals surface area contributed by atoms with E-state index in [0.29, 0.717) is 24.4 Å². The molecule has 2 aromatic carbocycles. The molecule has 34 heavy (non-hydrogen) atoms. The summed E-state index contributed by atoms with van der Waals surface area (Å²) in [7, 11) is 0. The Balaban J connectivity index is 1.54. The smallest absolute Gasteiger partial charge is 0.341 e. The van der Waals surface area contributed by atoms with Crippen molar-refractivity contribution in [1.82, 2.24) is 34.8 Å². The van der Waals surface area contributed by atoms with Crippen LogP contribution in [0.25, 0.3) is 28.2 Å². The molecule has 1 N–H and O–H groups in total. The molecule has 0 radical (unpaired) electrons. The standard InChI is InChI=1S/C24H21N7O3/c1-2-5-17-14-30(22-20(24(33)34)12-25-31(22)23(17)32)13-15-8-10-16(11-9-15)18-6-3-4-7-19(18)21-26-28-29-27-21/h3-4,6-12,14H,2,5,13H2,1H3,(H2,26,27,28,29,33,34)/p-1. The molecule has 0 spiro atoms. The first kappa shape index (κ1) is 21.3. The maximum atomic E-state index is 12.8. The second kappa shape index (κ2) is 8.74. The average molecular weight is 454 g/mol. The van der Waals surface area contributed by atoms with Crippen LogP contribution < -0.4 is 10.7 Å². The van der Waals surface area contributed by atoms with Crippen LogP contribution in [0.2, 0.25) is 0 Å². The predicted octanol–water partition coefficient (Wildman–Crippen LogP) is 2.67. The summed E-state index contributed by atoms with van der Waals surface area (Å²) in [6.07, 6.45) is 4.34.